The summed E-state index contributed by atoms with van der Waals surface area (Å²) in [5.41, 5.74) is 2.63. The molecule has 3 aromatic carbocycles. The molecule has 0 fully saturated rings. The summed E-state index contributed by atoms with van der Waals surface area (Å²) in [6, 6.07) is 24.9. The van der Waals surface area contributed by atoms with Gasteiger partial charge in [-0.15, -0.1) is 4.99 Å². The topological polar surface area (TPSA) is 78.5 Å². The van der Waals surface area contributed by atoms with Gasteiger partial charge in [0.1, 0.15) is 0 Å². The van der Waals surface area contributed by atoms with Gasteiger partial charge >= 0.3 is 6.03 Å². The first-order chi connectivity index (χ1) is 13.3. The summed E-state index contributed by atoms with van der Waals surface area (Å²) in [5.74, 6) is 5.08. The minimum absolute atomic E-state index is 0.314. The van der Waals surface area contributed by atoms with Crippen molar-refractivity contribution in [3.63, 3.8) is 0 Å². The SMILES string of the molecule is NOOC(Cc1ccccc1)NC(=O)n1c2ccccc2c2ccccc21. The maximum absolute atomic E-state index is 13.1. The van der Waals surface area contributed by atoms with Crippen molar-refractivity contribution in [2.75, 3.05) is 0 Å². The third-order valence-corrected chi connectivity index (χ3v) is 4.50. The second-order valence-electron chi connectivity index (χ2n) is 6.19. The normalized spacial score (nSPS) is 12.3. The quantitative estimate of drug-likeness (QED) is 0.322. The molecule has 1 unspecified atom stereocenters. The van der Waals surface area contributed by atoms with Crippen molar-refractivity contribution in [1.82, 2.24) is 9.88 Å². The van der Waals surface area contributed by atoms with Crippen LogP contribution < -0.4 is 11.2 Å². The zero-order valence-corrected chi connectivity index (χ0v) is 14.5. The second kappa shape index (κ2) is 7.59. The Labute approximate surface area is 156 Å². The summed E-state index contributed by atoms with van der Waals surface area (Å²) in [5, 5.41) is 4.88. The van der Waals surface area contributed by atoms with Crippen molar-refractivity contribution in [3.8, 4) is 0 Å². The first-order valence-corrected chi connectivity index (χ1v) is 8.63. The highest BCUT2D eigenvalue weighted by Gasteiger charge is 2.20. The average Bonchev–Trinajstić information content (AvgIpc) is 3.03. The van der Waals surface area contributed by atoms with Gasteiger partial charge in [0, 0.05) is 17.2 Å². The molecule has 1 atom stereocenters. The maximum atomic E-state index is 13.1. The van der Waals surface area contributed by atoms with E-state index in [2.05, 4.69) is 10.3 Å². The minimum atomic E-state index is -0.732. The van der Waals surface area contributed by atoms with Crippen molar-refractivity contribution in [3.05, 3.63) is 84.4 Å². The van der Waals surface area contributed by atoms with Crippen molar-refractivity contribution in [2.24, 2.45) is 5.90 Å². The van der Waals surface area contributed by atoms with Gasteiger partial charge < -0.3 is 5.32 Å². The first-order valence-electron chi connectivity index (χ1n) is 8.63. The van der Waals surface area contributed by atoms with Crippen LogP contribution in [0.4, 0.5) is 4.79 Å². The van der Waals surface area contributed by atoms with E-state index < -0.39 is 6.23 Å². The molecule has 6 heteroatoms. The number of fused-ring (bicyclic) bond motifs is 3. The van der Waals surface area contributed by atoms with Gasteiger partial charge in [-0.2, -0.15) is 10.8 Å². The predicted molar refractivity (Wildman–Crippen MR) is 104 cm³/mol. The molecule has 27 heavy (non-hydrogen) atoms. The van der Waals surface area contributed by atoms with Gasteiger partial charge in [-0.25, -0.2) is 4.79 Å². The van der Waals surface area contributed by atoms with E-state index in [9.17, 15) is 4.79 Å². The zero-order valence-electron chi connectivity index (χ0n) is 14.5. The van der Waals surface area contributed by atoms with Gasteiger partial charge in [0.15, 0.2) is 6.23 Å². The number of nitrogens with two attached hydrogens (primary N) is 1. The molecular formula is C21H19N3O3. The van der Waals surface area contributed by atoms with Crippen LogP contribution in [0.1, 0.15) is 5.56 Å². The van der Waals surface area contributed by atoms with Crippen molar-refractivity contribution >= 4 is 27.8 Å². The lowest BCUT2D eigenvalue weighted by Crippen LogP contribution is -2.41. The molecular weight excluding hydrogens is 342 g/mol. The van der Waals surface area contributed by atoms with E-state index in [4.69, 9.17) is 10.8 Å². The Balaban J connectivity index is 1.68. The molecule has 0 bridgehead atoms. The van der Waals surface area contributed by atoms with Crippen LogP contribution in [-0.2, 0) is 16.3 Å². The van der Waals surface area contributed by atoms with E-state index in [1.807, 2.05) is 78.9 Å². The summed E-state index contributed by atoms with van der Waals surface area (Å²) in [7, 11) is 0. The highest BCUT2D eigenvalue weighted by molar-refractivity contribution is 6.13. The fourth-order valence-corrected chi connectivity index (χ4v) is 3.35. The van der Waals surface area contributed by atoms with Gasteiger partial charge in [0.05, 0.1) is 11.0 Å². The third kappa shape index (κ3) is 3.41. The van der Waals surface area contributed by atoms with Crippen LogP contribution in [0.3, 0.4) is 0 Å². The summed E-state index contributed by atoms with van der Waals surface area (Å²) in [4.78, 5) is 22.5. The van der Waals surface area contributed by atoms with Gasteiger partial charge in [-0.1, -0.05) is 66.7 Å². The van der Waals surface area contributed by atoms with Crippen LogP contribution in [-0.4, -0.2) is 16.8 Å². The van der Waals surface area contributed by atoms with E-state index in [0.29, 0.717) is 6.42 Å². The number of carbonyl (C=O) groups is 1. The Morgan fingerprint density at radius 1 is 0.889 bits per heavy atom. The second-order valence-corrected chi connectivity index (χ2v) is 6.19. The molecule has 136 valence electrons. The molecule has 0 saturated carbocycles. The van der Waals surface area contributed by atoms with Gasteiger partial charge in [0.2, 0.25) is 0 Å². The lowest BCUT2D eigenvalue weighted by Gasteiger charge is -2.17. The lowest BCUT2D eigenvalue weighted by atomic mass is 10.1. The molecule has 1 aromatic heterocycles. The summed E-state index contributed by atoms with van der Waals surface area (Å²) >= 11 is 0. The average molecular weight is 361 g/mol. The van der Waals surface area contributed by atoms with Crippen LogP contribution >= 0.6 is 0 Å². The lowest BCUT2D eigenvalue weighted by molar-refractivity contribution is -0.332. The highest BCUT2D eigenvalue weighted by Crippen LogP contribution is 2.28. The molecule has 0 spiro atoms. The van der Waals surface area contributed by atoms with Gasteiger partial charge in [-0.3, -0.25) is 4.57 Å². The minimum Gasteiger partial charge on any atom is -0.309 e. The van der Waals surface area contributed by atoms with Crippen LogP contribution in [0.25, 0.3) is 21.8 Å². The monoisotopic (exact) mass is 361 g/mol. The number of benzene rings is 3. The summed E-state index contributed by atoms with van der Waals surface area (Å²) in [6.45, 7) is 0. The van der Waals surface area contributed by atoms with E-state index in [-0.39, 0.29) is 6.03 Å². The Morgan fingerprint density at radius 3 is 2.04 bits per heavy atom. The summed E-state index contributed by atoms with van der Waals surface area (Å²) < 4.78 is 1.64. The van der Waals surface area contributed by atoms with Crippen LogP contribution in [0.5, 0.6) is 0 Å². The Hall–Kier alpha value is -3.19. The molecule has 4 rings (SSSR count). The first kappa shape index (κ1) is 17.2. The van der Waals surface area contributed by atoms with E-state index in [0.717, 1.165) is 27.4 Å². The predicted octanol–water partition coefficient (Wildman–Crippen LogP) is 3.74. The standard InChI is InChI=1S/C21H19N3O3/c22-27-26-20(14-15-8-2-1-3-9-15)23-21(25)24-18-12-6-4-10-16(18)17-11-5-7-13-19(17)24/h1-13,20H,14,22H2,(H,23,25). The molecule has 0 aliphatic rings. The Morgan fingerprint density at radius 2 is 1.44 bits per heavy atom. The highest BCUT2D eigenvalue weighted by atomic mass is 17.3. The molecule has 0 radical (unpaired) electrons. The van der Waals surface area contributed by atoms with Crippen LogP contribution in [0, 0.1) is 0 Å². The van der Waals surface area contributed by atoms with Crippen LogP contribution in [0.2, 0.25) is 0 Å². The van der Waals surface area contributed by atoms with E-state index in [1.54, 1.807) is 4.57 Å². The number of hydrogen-bond acceptors (Lipinski definition) is 4. The Kier molecular flexibility index (Phi) is 4.84. The smallest absolute Gasteiger partial charge is 0.309 e. The fourth-order valence-electron chi connectivity index (χ4n) is 3.35. The molecule has 0 aliphatic heterocycles. The van der Waals surface area contributed by atoms with Crippen molar-refractivity contribution in [1.29, 1.82) is 0 Å². The maximum Gasteiger partial charge on any atom is 0.328 e. The number of aromatic nitrogens is 1. The molecule has 1 amide bonds. The third-order valence-electron chi connectivity index (χ3n) is 4.50. The van der Waals surface area contributed by atoms with Crippen molar-refractivity contribution in [2.45, 2.75) is 12.6 Å². The number of carbonyl (C=O) groups excluding carboxylic acids is 1. The van der Waals surface area contributed by atoms with E-state index >= 15 is 0 Å². The number of hydrogen-bond donors (Lipinski definition) is 2. The number of para-hydroxylation sites is 2. The number of nitrogens with one attached hydrogen (secondary N) is 1. The molecule has 0 saturated heterocycles. The number of rotatable bonds is 5. The van der Waals surface area contributed by atoms with Gasteiger partial charge in [0.25, 0.3) is 0 Å². The van der Waals surface area contributed by atoms with E-state index in [1.165, 1.54) is 0 Å². The number of nitrogens with zero attached hydrogens (tertiary/aromatic N) is 1. The summed E-state index contributed by atoms with van der Waals surface area (Å²) in [6.07, 6.45) is -0.314. The molecule has 6 nitrogen and oxygen atoms in total. The van der Waals surface area contributed by atoms with Crippen molar-refractivity contribution < 1.29 is 14.7 Å². The fraction of sp³-hybridized carbons (Fsp3) is 0.0952. The van der Waals surface area contributed by atoms with Crippen LogP contribution in [0.15, 0.2) is 78.9 Å². The Bertz CT molecular complexity index is 1020. The zero-order chi connectivity index (χ0) is 18.6. The molecule has 1 heterocycles. The van der Waals surface area contributed by atoms with Gasteiger partial charge in [-0.05, 0) is 17.7 Å². The molecule has 3 N–H and O–H groups in total. The molecule has 4 aromatic rings. The molecule has 0 aliphatic carbocycles. The number of amides is 1. The largest absolute Gasteiger partial charge is 0.328 e.